The first kappa shape index (κ1) is 26.8. The fraction of sp³-hybridized carbons (Fsp3) is 0.478. The molecule has 0 heterocycles. The van der Waals surface area contributed by atoms with E-state index in [4.69, 9.17) is 9.16 Å². The van der Waals surface area contributed by atoms with Gasteiger partial charge >= 0.3 is 0 Å². The zero-order valence-electron chi connectivity index (χ0n) is 18.6. The molecule has 1 atom stereocenters. The van der Waals surface area contributed by atoms with Gasteiger partial charge in [0.25, 0.3) is 5.92 Å². The fourth-order valence-corrected chi connectivity index (χ4v) is 7.05. The predicted molar refractivity (Wildman–Crippen MR) is 121 cm³/mol. The average molecular weight is 539 g/mol. The first-order chi connectivity index (χ1) is 14.9. The molecule has 178 valence electrons. The highest BCUT2D eigenvalue weighted by molar-refractivity contribution is 9.10. The summed E-state index contributed by atoms with van der Waals surface area (Å²) in [6, 6.07) is 8.86. The molecule has 2 rings (SSSR count). The van der Waals surface area contributed by atoms with Gasteiger partial charge in [0, 0.05) is 6.42 Å². The quantitative estimate of drug-likeness (QED) is 0.163. The Labute approximate surface area is 195 Å². The highest BCUT2D eigenvalue weighted by atomic mass is 79.9. The number of halogens is 6. The highest BCUT2D eigenvalue weighted by Crippen LogP contribution is 2.46. The predicted octanol–water partition coefficient (Wildman–Crippen LogP) is 8.21. The van der Waals surface area contributed by atoms with Crippen LogP contribution in [0, 0.1) is 17.5 Å². The van der Waals surface area contributed by atoms with Crippen molar-refractivity contribution >= 4 is 24.2 Å². The second-order valence-electron chi connectivity index (χ2n) is 7.86. The molecule has 0 fully saturated rings. The number of rotatable bonds is 11. The Bertz CT molecular complexity index is 898. The summed E-state index contributed by atoms with van der Waals surface area (Å²) in [6.45, 7) is 6.42. The minimum Gasteiger partial charge on any atom is -0.487 e. The molecular formula is C23H28BrF5O2Si. The molecule has 2 nitrogen and oxygen atoms in total. The summed E-state index contributed by atoms with van der Waals surface area (Å²) in [4.78, 5) is 0. The molecular weight excluding hydrogens is 511 g/mol. The van der Waals surface area contributed by atoms with Gasteiger partial charge in [-0.2, -0.15) is 0 Å². The van der Waals surface area contributed by atoms with E-state index in [-0.39, 0.29) is 10.0 Å². The van der Waals surface area contributed by atoms with Gasteiger partial charge in [0.2, 0.25) is 0 Å². The summed E-state index contributed by atoms with van der Waals surface area (Å²) >= 11 is 2.92. The van der Waals surface area contributed by atoms with Crippen molar-refractivity contribution in [3.8, 4) is 5.75 Å². The number of alkyl halides is 2. The molecule has 0 aliphatic carbocycles. The van der Waals surface area contributed by atoms with Crippen LogP contribution in [0.3, 0.4) is 0 Å². The van der Waals surface area contributed by atoms with Gasteiger partial charge in [0.05, 0.1) is 11.1 Å². The van der Waals surface area contributed by atoms with E-state index in [1.165, 1.54) is 19.1 Å². The van der Waals surface area contributed by atoms with Crippen LogP contribution in [0.15, 0.2) is 40.9 Å². The van der Waals surface area contributed by atoms with Crippen molar-refractivity contribution in [2.45, 2.75) is 63.8 Å². The molecule has 9 heteroatoms. The molecule has 0 radical (unpaired) electrons. The largest absolute Gasteiger partial charge is 0.487 e. The van der Waals surface area contributed by atoms with E-state index < -0.39 is 56.1 Å². The van der Waals surface area contributed by atoms with E-state index in [0.29, 0.717) is 18.1 Å². The summed E-state index contributed by atoms with van der Waals surface area (Å²) in [5, 5.41) is 0. The molecule has 0 amide bonds. The van der Waals surface area contributed by atoms with E-state index in [2.05, 4.69) is 15.9 Å². The summed E-state index contributed by atoms with van der Waals surface area (Å²) in [7, 11) is -2.53. The Morgan fingerprint density at radius 2 is 1.47 bits per heavy atom. The summed E-state index contributed by atoms with van der Waals surface area (Å²) in [5.41, 5.74) is -1.93. The van der Waals surface area contributed by atoms with Crippen molar-refractivity contribution in [1.82, 2.24) is 0 Å². The minimum atomic E-state index is -3.47. The summed E-state index contributed by atoms with van der Waals surface area (Å²) in [5.74, 6) is -6.73. The van der Waals surface area contributed by atoms with E-state index in [9.17, 15) is 13.2 Å². The van der Waals surface area contributed by atoms with Crippen molar-refractivity contribution in [3.05, 3.63) is 63.9 Å². The maximum absolute atomic E-state index is 15.7. The number of hydrogen-bond acceptors (Lipinski definition) is 2. The Hall–Kier alpha value is -1.45. The third-order valence-electron chi connectivity index (χ3n) is 6.11. The zero-order valence-corrected chi connectivity index (χ0v) is 21.2. The molecule has 1 unspecified atom stereocenters. The molecule has 0 aliphatic rings. The molecule has 32 heavy (non-hydrogen) atoms. The van der Waals surface area contributed by atoms with Gasteiger partial charge in [0.1, 0.15) is 11.4 Å². The molecule has 0 bridgehead atoms. The first-order valence-electron chi connectivity index (χ1n) is 10.6. The van der Waals surface area contributed by atoms with Gasteiger partial charge in [-0.15, -0.1) is 0 Å². The van der Waals surface area contributed by atoms with Gasteiger partial charge in [0.15, 0.2) is 25.7 Å². The van der Waals surface area contributed by atoms with Gasteiger partial charge in [-0.1, -0.05) is 32.9 Å². The minimum absolute atomic E-state index is 0.0373. The molecule has 0 N–H and O–H groups in total. The number of benzene rings is 2. The number of ether oxygens (including phenoxy) is 1. The average Bonchev–Trinajstić information content (AvgIpc) is 2.77. The second kappa shape index (κ2) is 10.7. The van der Waals surface area contributed by atoms with Crippen molar-refractivity contribution in [3.63, 3.8) is 0 Å². The Balaban J connectivity index is 2.37. The van der Waals surface area contributed by atoms with E-state index in [0.717, 1.165) is 24.3 Å². The second-order valence-corrected chi connectivity index (χ2v) is 13.4. The first-order valence-corrected chi connectivity index (χ1v) is 13.9. The van der Waals surface area contributed by atoms with E-state index >= 15 is 8.78 Å². The Morgan fingerprint density at radius 3 is 2.00 bits per heavy atom. The van der Waals surface area contributed by atoms with E-state index in [1.807, 2.05) is 20.8 Å². The third kappa shape index (κ3) is 5.54. The highest BCUT2D eigenvalue weighted by Gasteiger charge is 2.55. The van der Waals surface area contributed by atoms with Crippen molar-refractivity contribution < 1.29 is 31.1 Å². The Kier molecular flexibility index (Phi) is 8.92. The lowest BCUT2D eigenvalue weighted by molar-refractivity contribution is -0.175. The zero-order chi connectivity index (χ0) is 24.2. The molecule has 0 saturated heterocycles. The smallest absolute Gasteiger partial charge is 0.282 e. The molecule has 0 spiro atoms. The molecule has 0 saturated carbocycles. The topological polar surface area (TPSA) is 18.5 Å². The third-order valence-corrected chi connectivity index (χ3v) is 11.4. The lowest BCUT2D eigenvalue weighted by atomic mass is 9.87. The van der Waals surface area contributed by atoms with Gasteiger partial charge in [-0.3, -0.25) is 0 Å². The van der Waals surface area contributed by atoms with E-state index in [1.54, 1.807) is 0 Å². The maximum Gasteiger partial charge on any atom is 0.282 e. The van der Waals surface area contributed by atoms with Crippen molar-refractivity contribution in [1.29, 1.82) is 0 Å². The van der Waals surface area contributed by atoms with Crippen molar-refractivity contribution in [2.24, 2.45) is 0 Å². The van der Waals surface area contributed by atoms with Crippen LogP contribution in [0.2, 0.25) is 18.1 Å². The van der Waals surface area contributed by atoms with Gasteiger partial charge in [-0.25, -0.2) is 22.0 Å². The van der Waals surface area contributed by atoms with Gasteiger partial charge < -0.3 is 9.16 Å². The Morgan fingerprint density at radius 1 is 0.906 bits per heavy atom. The monoisotopic (exact) mass is 538 g/mol. The molecule has 0 aromatic heterocycles. The van der Waals surface area contributed by atoms with Crippen LogP contribution < -0.4 is 4.74 Å². The fourth-order valence-electron chi connectivity index (χ4n) is 3.67. The van der Waals surface area contributed by atoms with Crippen LogP contribution in [-0.2, 0) is 10.0 Å². The lowest BCUT2D eigenvalue weighted by Crippen LogP contribution is -2.53. The molecule has 0 aliphatic heterocycles. The van der Waals surface area contributed by atoms with Gasteiger partial charge in [-0.05, 0) is 70.8 Å². The van der Waals surface area contributed by atoms with Crippen LogP contribution in [0.1, 0.15) is 39.7 Å². The summed E-state index contributed by atoms with van der Waals surface area (Å²) in [6.07, 6.45) is -0.853. The standard InChI is InChI=1S/C23H28BrF5O2Si/c1-5-32(6-2,7-3)31-22(4,16-8-10-17(25)11-9-16)23(28,29)14-15-30-21-19(26)13-12-18(24)20(21)27/h8-13H,5-7,14-15H2,1-4H3. The van der Waals surface area contributed by atoms with Crippen molar-refractivity contribution in [2.75, 3.05) is 6.61 Å². The van der Waals surface area contributed by atoms with Crippen LogP contribution in [0.4, 0.5) is 22.0 Å². The van der Waals surface area contributed by atoms with Crippen LogP contribution in [-0.4, -0.2) is 20.8 Å². The van der Waals surface area contributed by atoms with Crippen LogP contribution >= 0.6 is 15.9 Å². The molecule has 2 aromatic carbocycles. The normalized spacial score (nSPS) is 14.3. The maximum atomic E-state index is 15.7. The number of hydrogen-bond donors (Lipinski definition) is 0. The van der Waals surface area contributed by atoms with Crippen LogP contribution in [0.5, 0.6) is 5.75 Å². The van der Waals surface area contributed by atoms with Crippen LogP contribution in [0.25, 0.3) is 0 Å². The lowest BCUT2D eigenvalue weighted by Gasteiger charge is -2.45. The SMILES string of the molecule is CC[Si](CC)(CC)OC(C)(c1ccc(F)cc1)C(F)(F)CCOc1c(F)ccc(Br)c1F. The summed E-state index contributed by atoms with van der Waals surface area (Å²) < 4.78 is 84.3. The molecule has 2 aromatic rings.